The predicted molar refractivity (Wildman–Crippen MR) is 119 cm³/mol. The van der Waals surface area contributed by atoms with E-state index < -0.39 is 0 Å². The molecule has 132 valence electrons. The Kier molecular flexibility index (Phi) is 3.39. The maximum Gasteiger partial charge on any atom is -0.000705 e. The van der Waals surface area contributed by atoms with Crippen molar-refractivity contribution in [2.24, 2.45) is 0 Å². The third kappa shape index (κ3) is 2.31. The lowest BCUT2D eigenvalue weighted by Crippen LogP contribution is -1.90. The molecule has 1 aliphatic carbocycles. The van der Waals surface area contributed by atoms with Gasteiger partial charge < -0.3 is 0 Å². The first-order chi connectivity index (χ1) is 13.9. The lowest BCUT2D eigenvalue weighted by molar-refractivity contribution is 1.18. The van der Waals surface area contributed by atoms with Gasteiger partial charge in [0.05, 0.1) is 0 Å². The quantitative estimate of drug-likeness (QED) is 0.289. The van der Waals surface area contributed by atoms with Crippen LogP contribution in [0.4, 0.5) is 0 Å². The van der Waals surface area contributed by atoms with Crippen LogP contribution in [0, 0.1) is 0 Å². The van der Waals surface area contributed by atoms with Gasteiger partial charge in [-0.3, -0.25) is 0 Å². The zero-order chi connectivity index (χ0) is 18.5. The van der Waals surface area contributed by atoms with Crippen molar-refractivity contribution in [3.8, 4) is 11.1 Å². The van der Waals surface area contributed by atoms with Crippen LogP contribution < -0.4 is 0 Å². The minimum atomic E-state index is 0.981. The third-order valence-corrected chi connectivity index (χ3v) is 6.10. The molecule has 0 fully saturated rings. The first kappa shape index (κ1) is 15.7. The molecule has 0 N–H and O–H groups in total. The van der Waals surface area contributed by atoms with Crippen LogP contribution >= 0.6 is 0 Å². The highest BCUT2D eigenvalue weighted by Crippen LogP contribution is 2.46. The smallest absolute Gasteiger partial charge is 0.000705 e. The van der Waals surface area contributed by atoms with Gasteiger partial charge in [0.15, 0.2) is 0 Å². The standard InChI is InChI=1S/C28H20/c1-2-8-19(9-3-1)16-20-14-15-21-18-27-24-12-5-4-10-22(24)23-11-6-7-13-25(23)28(27)26(21)17-20/h1-15,17H,16,18H2. The summed E-state index contributed by atoms with van der Waals surface area (Å²) in [4.78, 5) is 0. The molecule has 0 heteroatoms. The van der Waals surface area contributed by atoms with Crippen molar-refractivity contribution in [3.05, 3.63) is 119 Å². The Morgan fingerprint density at radius 3 is 1.96 bits per heavy atom. The normalized spacial score (nSPS) is 12.3. The molecule has 0 spiro atoms. The van der Waals surface area contributed by atoms with Crippen LogP contribution in [0.1, 0.15) is 22.3 Å². The van der Waals surface area contributed by atoms with Gasteiger partial charge in [0.25, 0.3) is 0 Å². The first-order valence-electron chi connectivity index (χ1n) is 9.97. The average Bonchev–Trinajstić information content (AvgIpc) is 3.14. The van der Waals surface area contributed by atoms with Crippen LogP contribution in [0.3, 0.4) is 0 Å². The summed E-state index contributed by atoms with van der Waals surface area (Å²) < 4.78 is 0. The number of fused-ring (bicyclic) bond motifs is 8. The van der Waals surface area contributed by atoms with Gasteiger partial charge >= 0.3 is 0 Å². The predicted octanol–water partition coefficient (Wildman–Crippen LogP) is 7.16. The van der Waals surface area contributed by atoms with Crippen molar-refractivity contribution in [1.29, 1.82) is 0 Å². The van der Waals surface area contributed by atoms with Gasteiger partial charge in [0.2, 0.25) is 0 Å². The summed E-state index contributed by atoms with van der Waals surface area (Å²) in [6.07, 6.45) is 2.01. The molecule has 0 saturated heterocycles. The molecule has 0 heterocycles. The molecule has 0 amide bonds. The van der Waals surface area contributed by atoms with Gasteiger partial charge in [0.1, 0.15) is 0 Å². The van der Waals surface area contributed by atoms with E-state index in [0.29, 0.717) is 0 Å². The van der Waals surface area contributed by atoms with E-state index in [1.165, 1.54) is 54.9 Å². The molecule has 5 aromatic rings. The third-order valence-electron chi connectivity index (χ3n) is 6.10. The Hall–Kier alpha value is -3.38. The molecule has 0 atom stereocenters. The molecule has 0 unspecified atom stereocenters. The molecule has 0 aromatic heterocycles. The Balaban J connectivity index is 1.60. The number of hydrogen-bond acceptors (Lipinski definition) is 0. The fraction of sp³-hybridized carbons (Fsp3) is 0.0714. The molecule has 0 saturated carbocycles. The Morgan fingerprint density at radius 2 is 1.18 bits per heavy atom. The minimum Gasteiger partial charge on any atom is -0.0622 e. The second kappa shape index (κ2) is 6.07. The van der Waals surface area contributed by atoms with Crippen LogP contribution in [0.5, 0.6) is 0 Å². The molecule has 28 heavy (non-hydrogen) atoms. The Bertz CT molecular complexity index is 1340. The van der Waals surface area contributed by atoms with Crippen molar-refractivity contribution >= 4 is 21.5 Å². The lowest BCUT2D eigenvalue weighted by Gasteiger charge is -2.12. The summed E-state index contributed by atoms with van der Waals surface area (Å²) in [6.45, 7) is 0. The van der Waals surface area contributed by atoms with Gasteiger partial charge in [-0.25, -0.2) is 0 Å². The van der Waals surface area contributed by atoms with E-state index in [-0.39, 0.29) is 0 Å². The molecule has 0 nitrogen and oxygen atoms in total. The molecule has 0 radical (unpaired) electrons. The van der Waals surface area contributed by atoms with Gasteiger partial charge in [-0.2, -0.15) is 0 Å². The van der Waals surface area contributed by atoms with E-state index >= 15 is 0 Å². The van der Waals surface area contributed by atoms with Gasteiger partial charge in [-0.15, -0.1) is 0 Å². The summed E-state index contributed by atoms with van der Waals surface area (Å²) in [5.74, 6) is 0. The highest BCUT2D eigenvalue weighted by atomic mass is 14.3. The van der Waals surface area contributed by atoms with E-state index in [4.69, 9.17) is 0 Å². The van der Waals surface area contributed by atoms with Crippen LogP contribution in [0.2, 0.25) is 0 Å². The second-order valence-corrected chi connectivity index (χ2v) is 7.78. The summed E-state index contributed by atoms with van der Waals surface area (Å²) in [6, 6.07) is 35.6. The van der Waals surface area contributed by atoms with Crippen LogP contribution in [-0.4, -0.2) is 0 Å². The van der Waals surface area contributed by atoms with Crippen LogP contribution in [-0.2, 0) is 12.8 Å². The van der Waals surface area contributed by atoms with E-state index in [9.17, 15) is 0 Å². The topological polar surface area (TPSA) is 0 Å². The fourth-order valence-corrected chi connectivity index (χ4v) is 4.85. The summed E-state index contributed by atoms with van der Waals surface area (Å²) >= 11 is 0. The molecule has 1 aliphatic rings. The zero-order valence-corrected chi connectivity index (χ0v) is 15.7. The summed E-state index contributed by atoms with van der Waals surface area (Å²) in [7, 11) is 0. The minimum absolute atomic E-state index is 0.981. The summed E-state index contributed by atoms with van der Waals surface area (Å²) in [5, 5.41) is 5.51. The van der Waals surface area contributed by atoms with E-state index in [1.54, 1.807) is 0 Å². The van der Waals surface area contributed by atoms with E-state index in [2.05, 4.69) is 97.1 Å². The molecule has 0 bridgehead atoms. The van der Waals surface area contributed by atoms with Gasteiger partial charge in [0, 0.05) is 0 Å². The van der Waals surface area contributed by atoms with Crippen molar-refractivity contribution in [2.45, 2.75) is 12.8 Å². The van der Waals surface area contributed by atoms with Crippen molar-refractivity contribution in [2.75, 3.05) is 0 Å². The SMILES string of the molecule is c1ccc(Cc2ccc3c(c2)-c2c(c4ccccc4c4ccccc24)C3)cc1. The Morgan fingerprint density at radius 1 is 0.536 bits per heavy atom. The van der Waals surface area contributed by atoms with Gasteiger partial charge in [-0.1, -0.05) is 97.1 Å². The number of rotatable bonds is 2. The van der Waals surface area contributed by atoms with E-state index in [0.717, 1.165) is 12.8 Å². The van der Waals surface area contributed by atoms with Crippen molar-refractivity contribution in [1.82, 2.24) is 0 Å². The highest BCUT2D eigenvalue weighted by Gasteiger charge is 2.24. The zero-order valence-electron chi connectivity index (χ0n) is 15.7. The first-order valence-corrected chi connectivity index (χ1v) is 9.97. The second-order valence-electron chi connectivity index (χ2n) is 7.78. The van der Waals surface area contributed by atoms with Crippen molar-refractivity contribution in [3.63, 3.8) is 0 Å². The molecular formula is C28H20. The largest absolute Gasteiger partial charge is 0.0622 e. The summed E-state index contributed by atoms with van der Waals surface area (Å²) in [5.41, 5.74) is 8.55. The van der Waals surface area contributed by atoms with E-state index in [1.807, 2.05) is 0 Å². The number of hydrogen-bond donors (Lipinski definition) is 0. The molecule has 0 aliphatic heterocycles. The maximum absolute atomic E-state index is 2.43. The lowest BCUT2D eigenvalue weighted by atomic mass is 9.91. The molecule has 5 aromatic carbocycles. The van der Waals surface area contributed by atoms with Crippen LogP contribution in [0.25, 0.3) is 32.7 Å². The number of benzene rings is 5. The highest BCUT2D eigenvalue weighted by molar-refractivity contribution is 6.17. The van der Waals surface area contributed by atoms with Crippen molar-refractivity contribution < 1.29 is 0 Å². The maximum atomic E-state index is 2.43. The van der Waals surface area contributed by atoms with Gasteiger partial charge in [-0.05, 0) is 67.8 Å². The average molecular weight is 356 g/mol. The molecular weight excluding hydrogens is 336 g/mol. The van der Waals surface area contributed by atoms with Crippen LogP contribution in [0.15, 0.2) is 97.1 Å². The fourth-order valence-electron chi connectivity index (χ4n) is 4.85. The Labute approximate surface area is 165 Å². The monoisotopic (exact) mass is 356 g/mol. The molecule has 6 rings (SSSR count).